The lowest BCUT2D eigenvalue weighted by atomic mass is 10.3. The summed E-state index contributed by atoms with van der Waals surface area (Å²) in [4.78, 5) is 13.6. The van der Waals surface area contributed by atoms with Crippen molar-refractivity contribution in [2.45, 2.75) is 18.2 Å². The number of hydrogen-bond acceptors (Lipinski definition) is 4. The third-order valence-corrected chi connectivity index (χ3v) is 5.80. The van der Waals surface area contributed by atoms with E-state index in [1.165, 1.54) is 22.5 Å². The highest BCUT2D eigenvalue weighted by molar-refractivity contribution is 7.89. The van der Waals surface area contributed by atoms with Crippen molar-refractivity contribution in [3.8, 4) is 0 Å². The van der Waals surface area contributed by atoms with Crippen LogP contribution in [0.2, 0.25) is 0 Å². The van der Waals surface area contributed by atoms with Crippen LogP contribution in [0.5, 0.6) is 0 Å². The van der Waals surface area contributed by atoms with Gasteiger partial charge in [0, 0.05) is 45.9 Å². The molecule has 9 heteroatoms. The summed E-state index contributed by atoms with van der Waals surface area (Å²) in [5, 5.41) is 2.79. The summed E-state index contributed by atoms with van der Waals surface area (Å²) in [5.74, 6) is -0.592. The monoisotopic (exact) mass is 373 g/mol. The lowest BCUT2D eigenvalue weighted by molar-refractivity contribution is 0.142. The maximum Gasteiger partial charge on any atom is 0.317 e. The fourth-order valence-corrected chi connectivity index (χ4v) is 3.99. The molecule has 140 valence electrons. The van der Waals surface area contributed by atoms with Crippen LogP contribution in [0.25, 0.3) is 0 Å². The van der Waals surface area contributed by atoms with Crippen LogP contribution < -0.4 is 5.32 Å². The van der Waals surface area contributed by atoms with Gasteiger partial charge in [-0.25, -0.2) is 17.6 Å². The Morgan fingerprint density at radius 2 is 2.00 bits per heavy atom. The Balaban J connectivity index is 1.83. The van der Waals surface area contributed by atoms with E-state index in [2.05, 4.69) is 5.32 Å². The van der Waals surface area contributed by atoms with E-state index in [0.29, 0.717) is 32.8 Å². The van der Waals surface area contributed by atoms with E-state index in [4.69, 9.17) is 4.74 Å². The van der Waals surface area contributed by atoms with Crippen molar-refractivity contribution >= 4 is 16.1 Å². The van der Waals surface area contributed by atoms with Crippen molar-refractivity contribution in [3.05, 3.63) is 30.1 Å². The smallest absolute Gasteiger partial charge is 0.317 e. The fourth-order valence-electron chi connectivity index (χ4n) is 2.53. The maximum absolute atomic E-state index is 13.3. The molecule has 0 aliphatic carbocycles. The molecule has 2 rings (SSSR count). The van der Waals surface area contributed by atoms with Crippen LogP contribution >= 0.6 is 0 Å². The van der Waals surface area contributed by atoms with Crippen LogP contribution in [-0.2, 0) is 14.8 Å². The number of sulfonamides is 1. The molecule has 0 unspecified atom stereocenters. The first kappa shape index (κ1) is 19.6. The third-order valence-electron chi connectivity index (χ3n) is 3.91. The van der Waals surface area contributed by atoms with E-state index in [1.54, 1.807) is 4.90 Å². The van der Waals surface area contributed by atoms with Gasteiger partial charge in [0.2, 0.25) is 10.0 Å². The van der Waals surface area contributed by atoms with Gasteiger partial charge in [0.05, 0.1) is 4.90 Å². The van der Waals surface area contributed by atoms with Crippen LogP contribution in [-0.4, -0.2) is 69.6 Å². The van der Waals surface area contributed by atoms with Crippen LogP contribution in [0.4, 0.5) is 9.18 Å². The van der Waals surface area contributed by atoms with Gasteiger partial charge in [-0.15, -0.1) is 0 Å². The average Bonchev–Trinajstić information content (AvgIpc) is 2.61. The van der Waals surface area contributed by atoms with E-state index >= 15 is 0 Å². The van der Waals surface area contributed by atoms with Gasteiger partial charge < -0.3 is 15.0 Å². The number of rotatable bonds is 7. The summed E-state index contributed by atoms with van der Waals surface area (Å²) in [7, 11) is -3.74. The average molecular weight is 373 g/mol. The normalized spacial score (nSPS) is 16.0. The number of ether oxygens (including phenoxy) is 1. The van der Waals surface area contributed by atoms with E-state index < -0.39 is 15.8 Å². The van der Waals surface area contributed by atoms with E-state index in [1.807, 2.05) is 6.92 Å². The number of amides is 2. The zero-order valence-electron chi connectivity index (χ0n) is 14.3. The van der Waals surface area contributed by atoms with Crippen molar-refractivity contribution in [2.24, 2.45) is 0 Å². The molecular formula is C16H24FN3O4S. The summed E-state index contributed by atoms with van der Waals surface area (Å²) in [6.45, 7) is 4.64. The van der Waals surface area contributed by atoms with Gasteiger partial charge in [-0.2, -0.15) is 4.31 Å². The summed E-state index contributed by atoms with van der Waals surface area (Å²) in [6, 6.07) is 4.74. The number of benzene rings is 1. The van der Waals surface area contributed by atoms with Crippen LogP contribution in [0.3, 0.4) is 0 Å². The Morgan fingerprint density at radius 1 is 1.28 bits per heavy atom. The molecule has 1 N–H and O–H groups in total. The first-order valence-electron chi connectivity index (χ1n) is 8.31. The second-order valence-corrected chi connectivity index (χ2v) is 7.57. The van der Waals surface area contributed by atoms with Crippen molar-refractivity contribution in [1.29, 1.82) is 0 Å². The Labute approximate surface area is 147 Å². The summed E-state index contributed by atoms with van der Waals surface area (Å²) >= 11 is 0. The standard InChI is InChI=1S/C16H24FN3O4S/c1-2-24-12-4-7-18-16(21)19-8-10-20(11-9-19)25(22,23)15-6-3-5-14(17)13-15/h3,5-6,13H,2,4,7-12H2,1H3,(H,18,21). The summed E-state index contributed by atoms with van der Waals surface area (Å²) in [5.41, 5.74) is 0. The number of carbonyl (C=O) groups excluding carboxylic acids is 1. The molecule has 1 aromatic rings. The van der Waals surface area contributed by atoms with E-state index in [0.717, 1.165) is 12.5 Å². The van der Waals surface area contributed by atoms with Gasteiger partial charge in [-0.1, -0.05) is 6.07 Å². The number of hydrogen-bond donors (Lipinski definition) is 1. The molecule has 7 nitrogen and oxygen atoms in total. The summed E-state index contributed by atoms with van der Waals surface area (Å²) < 4.78 is 44.8. The number of halogens is 1. The predicted molar refractivity (Wildman–Crippen MR) is 91.2 cm³/mol. The number of piperazine rings is 1. The van der Waals surface area contributed by atoms with Gasteiger partial charge in [-0.05, 0) is 31.5 Å². The van der Waals surface area contributed by atoms with Gasteiger partial charge in [0.1, 0.15) is 5.82 Å². The number of nitrogens with one attached hydrogen (secondary N) is 1. The molecule has 1 saturated heterocycles. The van der Waals surface area contributed by atoms with Crippen LogP contribution in [0.1, 0.15) is 13.3 Å². The minimum atomic E-state index is -3.74. The molecule has 0 radical (unpaired) electrons. The van der Waals surface area contributed by atoms with Crippen molar-refractivity contribution in [1.82, 2.24) is 14.5 Å². The number of nitrogens with zero attached hydrogens (tertiary/aromatic N) is 2. The Morgan fingerprint density at radius 3 is 2.64 bits per heavy atom. The molecule has 0 saturated carbocycles. The fraction of sp³-hybridized carbons (Fsp3) is 0.562. The molecule has 1 aliphatic heterocycles. The molecule has 1 aliphatic rings. The largest absolute Gasteiger partial charge is 0.382 e. The zero-order valence-corrected chi connectivity index (χ0v) is 15.1. The molecule has 0 spiro atoms. The molecular weight excluding hydrogens is 349 g/mol. The maximum atomic E-state index is 13.3. The van der Waals surface area contributed by atoms with Gasteiger partial charge in [0.25, 0.3) is 0 Å². The molecule has 0 atom stereocenters. The molecule has 0 bridgehead atoms. The highest BCUT2D eigenvalue weighted by Crippen LogP contribution is 2.18. The minimum Gasteiger partial charge on any atom is -0.382 e. The lowest BCUT2D eigenvalue weighted by Gasteiger charge is -2.34. The predicted octanol–water partition coefficient (Wildman–Crippen LogP) is 1.27. The molecule has 1 fully saturated rings. The van der Waals surface area contributed by atoms with Crippen molar-refractivity contribution in [2.75, 3.05) is 45.9 Å². The lowest BCUT2D eigenvalue weighted by Crippen LogP contribution is -2.53. The Kier molecular flexibility index (Phi) is 7.15. The van der Waals surface area contributed by atoms with Gasteiger partial charge >= 0.3 is 6.03 Å². The number of carbonyl (C=O) groups is 1. The van der Waals surface area contributed by atoms with Crippen molar-refractivity contribution < 1.29 is 22.3 Å². The third kappa shape index (κ3) is 5.38. The van der Waals surface area contributed by atoms with Gasteiger partial charge in [-0.3, -0.25) is 0 Å². The quantitative estimate of drug-likeness (QED) is 0.730. The topological polar surface area (TPSA) is 79.0 Å². The molecule has 25 heavy (non-hydrogen) atoms. The molecule has 1 heterocycles. The van der Waals surface area contributed by atoms with E-state index in [-0.39, 0.29) is 24.0 Å². The van der Waals surface area contributed by atoms with Crippen molar-refractivity contribution in [3.63, 3.8) is 0 Å². The van der Waals surface area contributed by atoms with Crippen LogP contribution in [0, 0.1) is 5.82 Å². The first-order chi connectivity index (χ1) is 11.9. The molecule has 0 aromatic heterocycles. The second-order valence-electron chi connectivity index (χ2n) is 5.63. The van der Waals surface area contributed by atoms with Crippen LogP contribution in [0.15, 0.2) is 29.2 Å². The zero-order chi connectivity index (χ0) is 18.3. The summed E-state index contributed by atoms with van der Waals surface area (Å²) in [6.07, 6.45) is 0.730. The first-order valence-corrected chi connectivity index (χ1v) is 9.75. The molecule has 1 aromatic carbocycles. The highest BCUT2D eigenvalue weighted by atomic mass is 32.2. The van der Waals surface area contributed by atoms with E-state index in [9.17, 15) is 17.6 Å². The molecule has 2 amide bonds. The second kappa shape index (κ2) is 9.12. The highest BCUT2D eigenvalue weighted by Gasteiger charge is 2.30. The Bertz CT molecular complexity index is 676. The minimum absolute atomic E-state index is 0.0682. The number of urea groups is 1. The van der Waals surface area contributed by atoms with Gasteiger partial charge in [0.15, 0.2) is 0 Å². The Hall–Kier alpha value is -1.71. The SMILES string of the molecule is CCOCCCNC(=O)N1CCN(S(=O)(=O)c2cccc(F)c2)CC1.